The third kappa shape index (κ3) is 3.67. The van der Waals surface area contributed by atoms with Crippen molar-refractivity contribution >= 4 is 17.1 Å². The Morgan fingerprint density at radius 3 is 2.61 bits per heavy atom. The second-order valence-corrected chi connectivity index (χ2v) is 7.34. The molecule has 1 atom stereocenters. The number of imidazole rings is 2. The van der Waals surface area contributed by atoms with Gasteiger partial charge in [-0.15, -0.1) is 0 Å². The van der Waals surface area contributed by atoms with Gasteiger partial charge in [-0.2, -0.15) is 0 Å². The minimum Gasteiger partial charge on any atom is -0.345 e. The first-order valence-electron chi connectivity index (χ1n) is 9.91. The van der Waals surface area contributed by atoms with Gasteiger partial charge in [0.15, 0.2) is 11.2 Å². The van der Waals surface area contributed by atoms with E-state index < -0.39 is 23.7 Å². The molecule has 0 saturated carbocycles. The Bertz CT molecular complexity index is 1360. The van der Waals surface area contributed by atoms with Crippen LogP contribution in [-0.4, -0.2) is 34.6 Å². The number of H-pyrrole nitrogens is 1. The summed E-state index contributed by atoms with van der Waals surface area (Å²) < 4.78 is 3.72. The monoisotopic (exact) mass is 421 g/mol. The highest BCUT2D eigenvalue weighted by Gasteiger charge is 2.20. The molecule has 3 aromatic heterocycles. The van der Waals surface area contributed by atoms with Crippen LogP contribution in [0.5, 0.6) is 0 Å². The van der Waals surface area contributed by atoms with Crippen molar-refractivity contribution in [1.29, 1.82) is 0 Å². The molecule has 3 heterocycles. The molecular weight excluding hydrogens is 398 g/mol. The van der Waals surface area contributed by atoms with Crippen molar-refractivity contribution in [1.82, 2.24) is 34.0 Å². The fraction of sp³-hybridized carbons (Fsp3) is 0.286. The maximum absolute atomic E-state index is 12.8. The summed E-state index contributed by atoms with van der Waals surface area (Å²) >= 11 is 0. The van der Waals surface area contributed by atoms with Crippen molar-refractivity contribution in [2.24, 2.45) is 14.1 Å². The molecule has 0 aliphatic rings. The highest BCUT2D eigenvalue weighted by atomic mass is 16.2. The lowest BCUT2D eigenvalue weighted by Gasteiger charge is -2.15. The molecule has 0 fully saturated rings. The van der Waals surface area contributed by atoms with E-state index in [1.165, 1.54) is 22.5 Å². The fourth-order valence-electron chi connectivity index (χ4n) is 3.56. The maximum Gasteiger partial charge on any atom is 0.332 e. The van der Waals surface area contributed by atoms with Gasteiger partial charge in [0.1, 0.15) is 12.4 Å². The van der Waals surface area contributed by atoms with Gasteiger partial charge in [0.2, 0.25) is 5.91 Å². The average molecular weight is 421 g/mol. The standard InChI is InChI=1S/C21H23N7O3/c1-4-14(18-22-10-15(25-18)13-8-6-5-7-9-13)24-16(29)11-28-20(30)17-19(23-12-26(17)2)27(3)21(28)31/h5-10,12,14H,4,11H2,1-3H3,(H,22,25)(H,24,29). The van der Waals surface area contributed by atoms with Crippen LogP contribution < -0.4 is 16.6 Å². The number of benzene rings is 1. The fourth-order valence-corrected chi connectivity index (χ4v) is 3.56. The molecule has 10 heteroatoms. The van der Waals surface area contributed by atoms with E-state index in [-0.39, 0.29) is 17.2 Å². The third-order valence-corrected chi connectivity index (χ3v) is 5.26. The number of nitrogens with one attached hydrogen (secondary N) is 2. The van der Waals surface area contributed by atoms with Crippen LogP contribution in [0.2, 0.25) is 0 Å². The summed E-state index contributed by atoms with van der Waals surface area (Å²) in [7, 11) is 3.19. The van der Waals surface area contributed by atoms with E-state index in [1.54, 1.807) is 13.2 Å². The molecule has 4 rings (SSSR count). The maximum atomic E-state index is 12.8. The molecule has 31 heavy (non-hydrogen) atoms. The minimum absolute atomic E-state index is 0.264. The number of rotatable bonds is 6. The Hall–Kier alpha value is -3.95. The van der Waals surface area contributed by atoms with Crippen molar-refractivity contribution in [3.63, 3.8) is 0 Å². The highest BCUT2D eigenvalue weighted by Crippen LogP contribution is 2.20. The smallest absolute Gasteiger partial charge is 0.332 e. The van der Waals surface area contributed by atoms with Crippen LogP contribution >= 0.6 is 0 Å². The number of aromatic nitrogens is 6. The molecular formula is C21H23N7O3. The molecule has 0 aliphatic carbocycles. The molecule has 1 unspecified atom stereocenters. The summed E-state index contributed by atoms with van der Waals surface area (Å²) in [5.41, 5.74) is 1.23. The zero-order valence-electron chi connectivity index (χ0n) is 17.5. The Morgan fingerprint density at radius 1 is 1.16 bits per heavy atom. The quantitative estimate of drug-likeness (QED) is 0.483. The van der Waals surface area contributed by atoms with Gasteiger partial charge in [0.25, 0.3) is 5.56 Å². The van der Waals surface area contributed by atoms with Gasteiger partial charge in [-0.3, -0.25) is 14.2 Å². The normalized spacial score (nSPS) is 12.2. The summed E-state index contributed by atoms with van der Waals surface area (Å²) in [5, 5.41) is 2.86. The van der Waals surface area contributed by atoms with E-state index in [9.17, 15) is 14.4 Å². The zero-order valence-corrected chi connectivity index (χ0v) is 17.5. The first-order chi connectivity index (χ1) is 14.9. The van der Waals surface area contributed by atoms with Crippen LogP contribution in [0.1, 0.15) is 25.2 Å². The van der Waals surface area contributed by atoms with E-state index in [0.29, 0.717) is 12.2 Å². The second kappa shape index (κ2) is 8.05. The molecule has 1 amide bonds. The molecule has 2 N–H and O–H groups in total. The van der Waals surface area contributed by atoms with Crippen molar-refractivity contribution in [3.05, 3.63) is 69.5 Å². The SMILES string of the molecule is CCC(NC(=O)Cn1c(=O)c2c(ncn2C)n(C)c1=O)c1ncc(-c2ccccc2)[nH]1. The van der Waals surface area contributed by atoms with E-state index in [0.717, 1.165) is 15.8 Å². The number of hydrogen-bond acceptors (Lipinski definition) is 5. The first-order valence-corrected chi connectivity index (χ1v) is 9.91. The van der Waals surface area contributed by atoms with E-state index in [4.69, 9.17) is 0 Å². The number of aromatic amines is 1. The highest BCUT2D eigenvalue weighted by molar-refractivity contribution is 5.77. The van der Waals surface area contributed by atoms with Crippen LogP contribution in [0.15, 0.2) is 52.4 Å². The van der Waals surface area contributed by atoms with E-state index in [2.05, 4.69) is 20.3 Å². The largest absolute Gasteiger partial charge is 0.345 e. The predicted molar refractivity (Wildman–Crippen MR) is 115 cm³/mol. The van der Waals surface area contributed by atoms with Crippen molar-refractivity contribution in [3.8, 4) is 11.3 Å². The number of carbonyl (C=O) groups excluding carboxylic acids is 1. The number of hydrogen-bond donors (Lipinski definition) is 2. The summed E-state index contributed by atoms with van der Waals surface area (Å²) in [6.07, 6.45) is 3.77. The lowest BCUT2D eigenvalue weighted by molar-refractivity contribution is -0.122. The number of carbonyl (C=O) groups is 1. The zero-order chi connectivity index (χ0) is 22.1. The molecule has 10 nitrogen and oxygen atoms in total. The Morgan fingerprint density at radius 2 is 1.90 bits per heavy atom. The van der Waals surface area contributed by atoms with Crippen LogP contribution in [-0.2, 0) is 25.4 Å². The van der Waals surface area contributed by atoms with Crippen LogP contribution in [0.25, 0.3) is 22.4 Å². The van der Waals surface area contributed by atoms with E-state index in [1.807, 2.05) is 37.3 Å². The summed E-state index contributed by atoms with van der Waals surface area (Å²) in [4.78, 5) is 49.9. The van der Waals surface area contributed by atoms with E-state index >= 15 is 0 Å². The van der Waals surface area contributed by atoms with Gasteiger partial charge in [-0.1, -0.05) is 37.3 Å². The van der Waals surface area contributed by atoms with Gasteiger partial charge < -0.3 is 14.9 Å². The van der Waals surface area contributed by atoms with Gasteiger partial charge in [0, 0.05) is 14.1 Å². The van der Waals surface area contributed by atoms with Gasteiger partial charge >= 0.3 is 5.69 Å². The topological polar surface area (TPSA) is 120 Å². The number of fused-ring (bicyclic) bond motifs is 1. The lowest BCUT2D eigenvalue weighted by Crippen LogP contribution is -2.44. The molecule has 0 radical (unpaired) electrons. The number of nitrogens with zero attached hydrogens (tertiary/aromatic N) is 5. The van der Waals surface area contributed by atoms with Gasteiger partial charge in [-0.25, -0.2) is 19.3 Å². The molecule has 0 aliphatic heterocycles. The Kier molecular flexibility index (Phi) is 5.28. The average Bonchev–Trinajstić information content (AvgIpc) is 3.41. The molecule has 4 aromatic rings. The number of aryl methyl sites for hydroxylation is 2. The summed E-state index contributed by atoms with van der Waals surface area (Å²) in [6.45, 7) is 1.53. The van der Waals surface area contributed by atoms with Crippen molar-refractivity contribution in [2.75, 3.05) is 0 Å². The summed E-state index contributed by atoms with van der Waals surface area (Å²) in [5.74, 6) is 0.155. The molecule has 0 saturated heterocycles. The molecule has 0 bridgehead atoms. The summed E-state index contributed by atoms with van der Waals surface area (Å²) in [6, 6.07) is 9.36. The molecule has 0 spiro atoms. The second-order valence-electron chi connectivity index (χ2n) is 7.34. The van der Waals surface area contributed by atoms with Crippen LogP contribution in [0.4, 0.5) is 0 Å². The molecule has 160 valence electrons. The van der Waals surface area contributed by atoms with Gasteiger partial charge in [0.05, 0.1) is 24.3 Å². The lowest BCUT2D eigenvalue weighted by atomic mass is 10.2. The minimum atomic E-state index is -0.594. The Labute approximate surface area is 177 Å². The predicted octanol–water partition coefficient (Wildman–Crippen LogP) is 1.09. The first kappa shape index (κ1) is 20.3. The van der Waals surface area contributed by atoms with Crippen molar-refractivity contribution in [2.45, 2.75) is 25.9 Å². The Balaban J connectivity index is 1.57. The van der Waals surface area contributed by atoms with Crippen molar-refractivity contribution < 1.29 is 4.79 Å². The van der Waals surface area contributed by atoms with Gasteiger partial charge in [-0.05, 0) is 12.0 Å². The van der Waals surface area contributed by atoms with Crippen LogP contribution in [0.3, 0.4) is 0 Å². The van der Waals surface area contributed by atoms with Crippen LogP contribution in [0, 0.1) is 0 Å². The third-order valence-electron chi connectivity index (χ3n) is 5.26. The number of amides is 1. The molecule has 1 aromatic carbocycles.